The number of para-hydroxylation sites is 1. The predicted molar refractivity (Wildman–Crippen MR) is 68.6 cm³/mol. The quantitative estimate of drug-likeness (QED) is 0.663. The summed E-state index contributed by atoms with van der Waals surface area (Å²) in [5.41, 5.74) is 2.00. The van der Waals surface area contributed by atoms with Gasteiger partial charge in [0.1, 0.15) is 5.75 Å². The first-order valence-corrected chi connectivity index (χ1v) is 5.67. The highest BCUT2D eigenvalue weighted by molar-refractivity contribution is 5.35. The summed E-state index contributed by atoms with van der Waals surface area (Å²) in [4.78, 5) is 10.1. The highest BCUT2D eigenvalue weighted by Crippen LogP contribution is 2.19. The molecule has 0 heterocycles. The van der Waals surface area contributed by atoms with Crippen molar-refractivity contribution in [2.45, 2.75) is 12.8 Å². The molecule has 0 spiro atoms. The lowest BCUT2D eigenvalue weighted by molar-refractivity contribution is -0.384. The molecule has 0 unspecified atom stereocenters. The Balaban J connectivity index is 2.02. The molecule has 4 nitrogen and oxygen atoms in total. The van der Waals surface area contributed by atoms with Crippen LogP contribution < -0.4 is 0 Å². The predicted octanol–water partition coefficient (Wildman–Crippen LogP) is 3.09. The van der Waals surface area contributed by atoms with Crippen molar-refractivity contribution in [2.75, 3.05) is 0 Å². The molecule has 2 aromatic carbocycles. The minimum atomic E-state index is -0.410. The Bertz CT molecular complexity index is 549. The van der Waals surface area contributed by atoms with Crippen LogP contribution in [0.25, 0.3) is 0 Å². The fraction of sp³-hybridized carbons (Fsp3) is 0.143. The van der Waals surface area contributed by atoms with Gasteiger partial charge in [0.25, 0.3) is 5.69 Å². The summed E-state index contributed by atoms with van der Waals surface area (Å²) in [5.74, 6) is 0.291. The van der Waals surface area contributed by atoms with Crippen LogP contribution in [0.3, 0.4) is 0 Å². The molecule has 0 atom stereocenters. The smallest absolute Gasteiger partial charge is 0.269 e. The molecule has 0 radical (unpaired) electrons. The second-order valence-electron chi connectivity index (χ2n) is 4.05. The van der Waals surface area contributed by atoms with E-state index in [4.69, 9.17) is 0 Å². The first-order chi connectivity index (χ1) is 8.66. The van der Waals surface area contributed by atoms with Crippen molar-refractivity contribution in [2.24, 2.45) is 0 Å². The first kappa shape index (κ1) is 12.1. The van der Waals surface area contributed by atoms with Gasteiger partial charge in [-0.05, 0) is 30.0 Å². The molecule has 0 fully saturated rings. The van der Waals surface area contributed by atoms with Crippen LogP contribution in [0.15, 0.2) is 48.5 Å². The summed E-state index contributed by atoms with van der Waals surface area (Å²) in [6.45, 7) is 0. The van der Waals surface area contributed by atoms with E-state index in [0.717, 1.165) is 17.5 Å². The van der Waals surface area contributed by atoms with Gasteiger partial charge < -0.3 is 5.11 Å². The largest absolute Gasteiger partial charge is 0.508 e. The average molecular weight is 243 g/mol. The topological polar surface area (TPSA) is 63.4 Å². The maximum atomic E-state index is 10.5. The number of phenols is 1. The Morgan fingerprint density at radius 2 is 1.67 bits per heavy atom. The number of hydrogen-bond acceptors (Lipinski definition) is 3. The number of phenolic OH excluding ortho intramolecular Hbond substituents is 1. The molecule has 2 aromatic rings. The van der Waals surface area contributed by atoms with Crippen molar-refractivity contribution in [3.8, 4) is 5.75 Å². The zero-order valence-corrected chi connectivity index (χ0v) is 9.74. The molecule has 0 saturated heterocycles. The van der Waals surface area contributed by atoms with Gasteiger partial charge in [-0.3, -0.25) is 10.1 Å². The van der Waals surface area contributed by atoms with Gasteiger partial charge >= 0.3 is 0 Å². The molecule has 0 saturated carbocycles. The van der Waals surface area contributed by atoms with Crippen molar-refractivity contribution < 1.29 is 10.0 Å². The summed E-state index contributed by atoms with van der Waals surface area (Å²) in [6, 6.07) is 13.7. The standard InChI is InChI=1S/C14H13NO3/c16-14-4-2-1-3-12(14)8-5-11-6-9-13(10-7-11)15(17)18/h1-4,6-7,9-10,16H,5,8H2. The van der Waals surface area contributed by atoms with Gasteiger partial charge in [0.15, 0.2) is 0 Å². The van der Waals surface area contributed by atoms with Gasteiger partial charge in [0, 0.05) is 12.1 Å². The van der Waals surface area contributed by atoms with E-state index >= 15 is 0 Å². The Morgan fingerprint density at radius 3 is 2.28 bits per heavy atom. The number of aromatic hydroxyl groups is 1. The lowest BCUT2D eigenvalue weighted by atomic mass is 10.0. The van der Waals surface area contributed by atoms with Crippen LogP contribution in [0.2, 0.25) is 0 Å². The molecule has 0 aromatic heterocycles. The van der Waals surface area contributed by atoms with Gasteiger partial charge in [-0.25, -0.2) is 0 Å². The Labute approximate surface area is 105 Å². The zero-order chi connectivity index (χ0) is 13.0. The molecule has 0 aliphatic heterocycles. The third-order valence-electron chi connectivity index (χ3n) is 2.82. The summed E-state index contributed by atoms with van der Waals surface area (Å²) in [5, 5.41) is 20.1. The van der Waals surface area contributed by atoms with Gasteiger partial charge in [-0.2, -0.15) is 0 Å². The summed E-state index contributed by atoms with van der Waals surface area (Å²) < 4.78 is 0. The molecule has 92 valence electrons. The first-order valence-electron chi connectivity index (χ1n) is 5.67. The van der Waals surface area contributed by atoms with Crippen LogP contribution in [0.1, 0.15) is 11.1 Å². The molecule has 4 heteroatoms. The molecule has 0 aliphatic rings. The highest BCUT2D eigenvalue weighted by atomic mass is 16.6. The number of benzene rings is 2. The summed E-state index contributed by atoms with van der Waals surface area (Å²) >= 11 is 0. The van der Waals surface area contributed by atoms with E-state index in [9.17, 15) is 15.2 Å². The van der Waals surface area contributed by atoms with Crippen LogP contribution in [0.5, 0.6) is 5.75 Å². The van der Waals surface area contributed by atoms with Crippen molar-refractivity contribution in [3.05, 3.63) is 69.8 Å². The van der Waals surface area contributed by atoms with E-state index in [0.29, 0.717) is 12.2 Å². The lowest BCUT2D eigenvalue weighted by Crippen LogP contribution is -1.93. The van der Waals surface area contributed by atoms with Crippen molar-refractivity contribution in [3.63, 3.8) is 0 Å². The minimum absolute atomic E-state index is 0.0984. The SMILES string of the molecule is O=[N+]([O-])c1ccc(CCc2ccccc2O)cc1. The minimum Gasteiger partial charge on any atom is -0.508 e. The molecule has 18 heavy (non-hydrogen) atoms. The number of nitro benzene ring substituents is 1. The fourth-order valence-corrected chi connectivity index (χ4v) is 1.79. The van der Waals surface area contributed by atoms with Crippen LogP contribution in [0.4, 0.5) is 5.69 Å². The fourth-order valence-electron chi connectivity index (χ4n) is 1.79. The van der Waals surface area contributed by atoms with Crippen LogP contribution in [-0.4, -0.2) is 10.0 Å². The van der Waals surface area contributed by atoms with E-state index in [1.54, 1.807) is 24.3 Å². The van der Waals surface area contributed by atoms with E-state index in [-0.39, 0.29) is 5.69 Å². The monoisotopic (exact) mass is 243 g/mol. The van der Waals surface area contributed by atoms with Gasteiger partial charge in [0.2, 0.25) is 0 Å². The molecule has 2 rings (SSSR count). The second kappa shape index (κ2) is 5.31. The third kappa shape index (κ3) is 2.85. The number of nitrogens with zero attached hydrogens (tertiary/aromatic N) is 1. The van der Waals surface area contributed by atoms with Gasteiger partial charge in [-0.15, -0.1) is 0 Å². The number of hydrogen-bond donors (Lipinski definition) is 1. The normalized spacial score (nSPS) is 10.2. The van der Waals surface area contributed by atoms with Crippen molar-refractivity contribution in [1.82, 2.24) is 0 Å². The van der Waals surface area contributed by atoms with Gasteiger partial charge in [0.05, 0.1) is 4.92 Å². The second-order valence-corrected chi connectivity index (χ2v) is 4.05. The Morgan fingerprint density at radius 1 is 1.00 bits per heavy atom. The average Bonchev–Trinajstić information content (AvgIpc) is 2.38. The molecule has 0 bridgehead atoms. The number of nitro groups is 1. The number of non-ortho nitro benzene ring substituents is 1. The zero-order valence-electron chi connectivity index (χ0n) is 9.74. The van der Waals surface area contributed by atoms with Crippen LogP contribution in [-0.2, 0) is 12.8 Å². The van der Waals surface area contributed by atoms with E-state index < -0.39 is 4.92 Å². The highest BCUT2D eigenvalue weighted by Gasteiger charge is 2.05. The molecular formula is C14H13NO3. The lowest BCUT2D eigenvalue weighted by Gasteiger charge is -2.04. The number of rotatable bonds is 4. The summed E-state index contributed by atoms with van der Waals surface area (Å²) in [7, 11) is 0. The summed E-state index contributed by atoms with van der Waals surface area (Å²) in [6.07, 6.45) is 1.46. The Kier molecular flexibility index (Phi) is 3.57. The maximum absolute atomic E-state index is 10.5. The van der Waals surface area contributed by atoms with E-state index in [1.807, 2.05) is 12.1 Å². The van der Waals surface area contributed by atoms with Crippen molar-refractivity contribution >= 4 is 5.69 Å². The van der Waals surface area contributed by atoms with E-state index in [1.165, 1.54) is 12.1 Å². The molecular weight excluding hydrogens is 230 g/mol. The van der Waals surface area contributed by atoms with E-state index in [2.05, 4.69) is 0 Å². The number of aryl methyl sites for hydroxylation is 2. The molecule has 0 amide bonds. The van der Waals surface area contributed by atoms with Gasteiger partial charge in [-0.1, -0.05) is 30.3 Å². The third-order valence-corrected chi connectivity index (χ3v) is 2.82. The van der Waals surface area contributed by atoms with Crippen molar-refractivity contribution in [1.29, 1.82) is 0 Å². The van der Waals surface area contributed by atoms with Crippen LogP contribution >= 0.6 is 0 Å². The molecule has 0 aliphatic carbocycles. The Hall–Kier alpha value is -2.36. The molecule has 1 N–H and O–H groups in total. The maximum Gasteiger partial charge on any atom is 0.269 e. The van der Waals surface area contributed by atoms with Crippen LogP contribution in [0, 0.1) is 10.1 Å².